The highest BCUT2D eigenvalue weighted by Gasteiger charge is 2.63. The van der Waals surface area contributed by atoms with Crippen molar-refractivity contribution in [2.24, 2.45) is 0 Å². The number of hydrogen-bond donors (Lipinski definition) is 0. The molecule has 0 spiro atoms. The van der Waals surface area contributed by atoms with Crippen molar-refractivity contribution in [2.45, 2.75) is 42.5 Å². The molecule has 2 bridgehead atoms. The lowest BCUT2D eigenvalue weighted by Crippen LogP contribution is -2.42. The van der Waals surface area contributed by atoms with E-state index in [4.69, 9.17) is 18.4 Å². The van der Waals surface area contributed by atoms with Crippen molar-refractivity contribution in [3.05, 3.63) is 29.8 Å². The van der Waals surface area contributed by atoms with E-state index in [0.29, 0.717) is 6.61 Å². The number of fused-ring (bicyclic) bond motifs is 4. The minimum atomic E-state index is -3.85. The van der Waals surface area contributed by atoms with E-state index in [9.17, 15) is 8.42 Å². The summed E-state index contributed by atoms with van der Waals surface area (Å²) in [5.74, 6) is 0. The third-order valence-corrected chi connectivity index (χ3v) is 5.13. The SMILES string of the molecule is Cc1ccc(S(=O)(=O)O[C@H]2[C@@H]3OC[C@@H](O3)[C@@H]3O[C@H]32)cc1. The molecule has 0 aliphatic carbocycles. The second-order valence-electron chi connectivity index (χ2n) is 5.27. The number of ether oxygens (including phenoxy) is 3. The van der Waals surface area contributed by atoms with Crippen molar-refractivity contribution in [3.8, 4) is 0 Å². The van der Waals surface area contributed by atoms with Crippen LogP contribution < -0.4 is 0 Å². The molecule has 3 fully saturated rings. The number of aryl methyl sites for hydroxylation is 1. The Bertz CT molecular complexity index is 625. The number of hydrogen-bond acceptors (Lipinski definition) is 6. The fourth-order valence-electron chi connectivity index (χ4n) is 2.65. The second kappa shape index (κ2) is 4.25. The van der Waals surface area contributed by atoms with E-state index in [1.54, 1.807) is 12.1 Å². The van der Waals surface area contributed by atoms with Crippen molar-refractivity contribution in [1.82, 2.24) is 0 Å². The molecule has 3 aliphatic heterocycles. The molecule has 6 nitrogen and oxygen atoms in total. The summed E-state index contributed by atoms with van der Waals surface area (Å²) in [6.45, 7) is 2.32. The van der Waals surface area contributed by atoms with Crippen molar-refractivity contribution in [1.29, 1.82) is 0 Å². The Morgan fingerprint density at radius 3 is 2.65 bits per heavy atom. The first-order chi connectivity index (χ1) is 9.54. The van der Waals surface area contributed by atoms with E-state index >= 15 is 0 Å². The van der Waals surface area contributed by atoms with Gasteiger partial charge in [0.1, 0.15) is 18.3 Å². The zero-order valence-corrected chi connectivity index (χ0v) is 11.6. The molecule has 7 heteroatoms. The first-order valence-electron chi connectivity index (χ1n) is 6.47. The lowest BCUT2D eigenvalue weighted by atomic mass is 10.1. The van der Waals surface area contributed by atoms with Gasteiger partial charge in [0.25, 0.3) is 10.1 Å². The highest BCUT2D eigenvalue weighted by atomic mass is 32.2. The highest BCUT2D eigenvalue weighted by molar-refractivity contribution is 7.86. The second-order valence-corrected chi connectivity index (χ2v) is 6.84. The molecule has 5 atom stereocenters. The molecular formula is C13H14O6S. The van der Waals surface area contributed by atoms with Crippen LogP contribution in [0, 0.1) is 6.92 Å². The Morgan fingerprint density at radius 1 is 1.15 bits per heavy atom. The molecule has 3 heterocycles. The summed E-state index contributed by atoms with van der Waals surface area (Å²) in [5.41, 5.74) is 0.984. The molecule has 0 saturated carbocycles. The standard InChI is InChI=1S/C13H14O6S/c1-7-2-4-8(5-3-7)20(14,15)19-12-11-10(18-11)9-6-16-13(12)17-9/h2-5,9-13H,6H2,1H3/t9-,10+,11-,12-,13-/m1/s1. The van der Waals surface area contributed by atoms with E-state index in [1.165, 1.54) is 12.1 Å². The van der Waals surface area contributed by atoms with Gasteiger partial charge in [-0.1, -0.05) is 17.7 Å². The summed E-state index contributed by atoms with van der Waals surface area (Å²) in [6, 6.07) is 6.51. The van der Waals surface area contributed by atoms with E-state index in [1.807, 2.05) is 6.92 Å². The van der Waals surface area contributed by atoms with Crippen LogP contribution in [0.3, 0.4) is 0 Å². The van der Waals surface area contributed by atoms with Crippen LogP contribution in [0.5, 0.6) is 0 Å². The van der Waals surface area contributed by atoms with Gasteiger partial charge in [0.05, 0.1) is 11.5 Å². The summed E-state index contributed by atoms with van der Waals surface area (Å²) < 4.78 is 46.2. The maximum absolute atomic E-state index is 12.3. The minimum Gasteiger partial charge on any atom is -0.364 e. The Kier molecular flexibility index (Phi) is 2.71. The van der Waals surface area contributed by atoms with Gasteiger partial charge in [-0.15, -0.1) is 0 Å². The van der Waals surface area contributed by atoms with Gasteiger partial charge in [0.2, 0.25) is 0 Å². The summed E-state index contributed by atoms with van der Waals surface area (Å²) in [5, 5.41) is 0. The average Bonchev–Trinajstić information content (AvgIpc) is 3.09. The first-order valence-corrected chi connectivity index (χ1v) is 7.88. The molecule has 4 rings (SSSR count). The zero-order chi connectivity index (χ0) is 13.9. The summed E-state index contributed by atoms with van der Waals surface area (Å²) in [6.07, 6.45) is -1.84. The van der Waals surface area contributed by atoms with Gasteiger partial charge < -0.3 is 14.2 Å². The normalized spacial score (nSPS) is 38.5. The van der Waals surface area contributed by atoms with Gasteiger partial charge in [0, 0.05) is 0 Å². The summed E-state index contributed by atoms with van der Waals surface area (Å²) in [4.78, 5) is 0.125. The van der Waals surface area contributed by atoms with Crippen LogP contribution >= 0.6 is 0 Å². The third-order valence-electron chi connectivity index (χ3n) is 3.80. The van der Waals surface area contributed by atoms with Crippen molar-refractivity contribution in [3.63, 3.8) is 0 Å². The fourth-order valence-corrected chi connectivity index (χ4v) is 3.72. The maximum Gasteiger partial charge on any atom is 0.297 e. The van der Waals surface area contributed by atoms with E-state index in [2.05, 4.69) is 0 Å². The Labute approximate surface area is 116 Å². The molecule has 3 saturated heterocycles. The molecule has 0 radical (unpaired) electrons. The van der Waals surface area contributed by atoms with Crippen LogP contribution in [0.1, 0.15) is 5.56 Å². The number of benzene rings is 1. The molecule has 0 unspecified atom stereocenters. The highest BCUT2D eigenvalue weighted by Crippen LogP contribution is 2.43. The molecule has 20 heavy (non-hydrogen) atoms. The average molecular weight is 298 g/mol. The van der Waals surface area contributed by atoms with E-state index in [-0.39, 0.29) is 23.2 Å². The predicted molar refractivity (Wildman–Crippen MR) is 66.5 cm³/mol. The van der Waals surface area contributed by atoms with Gasteiger partial charge in [-0.05, 0) is 19.1 Å². The topological polar surface area (TPSA) is 74.4 Å². The van der Waals surface area contributed by atoms with Crippen LogP contribution in [0.2, 0.25) is 0 Å². The lowest BCUT2D eigenvalue weighted by Gasteiger charge is -2.23. The molecular weight excluding hydrogens is 284 g/mol. The first kappa shape index (κ1) is 12.7. The molecule has 0 aromatic heterocycles. The molecule has 3 aliphatic rings. The minimum absolute atomic E-state index is 0.0908. The Morgan fingerprint density at radius 2 is 1.90 bits per heavy atom. The summed E-state index contributed by atoms with van der Waals surface area (Å²) in [7, 11) is -3.85. The molecule has 0 N–H and O–H groups in total. The smallest absolute Gasteiger partial charge is 0.297 e. The van der Waals surface area contributed by atoms with Crippen molar-refractivity contribution in [2.75, 3.05) is 6.61 Å². The Balaban J connectivity index is 1.57. The van der Waals surface area contributed by atoms with Gasteiger partial charge in [0.15, 0.2) is 12.4 Å². The predicted octanol–water partition coefficient (Wildman–Crippen LogP) is 0.591. The zero-order valence-electron chi connectivity index (χ0n) is 10.8. The third kappa shape index (κ3) is 1.97. The van der Waals surface area contributed by atoms with Crippen LogP contribution in [-0.4, -0.2) is 45.7 Å². The maximum atomic E-state index is 12.3. The van der Waals surface area contributed by atoms with Crippen LogP contribution in [0.4, 0.5) is 0 Å². The van der Waals surface area contributed by atoms with E-state index < -0.39 is 22.5 Å². The quantitative estimate of drug-likeness (QED) is 0.600. The van der Waals surface area contributed by atoms with Crippen LogP contribution in [0.25, 0.3) is 0 Å². The summed E-state index contributed by atoms with van der Waals surface area (Å²) >= 11 is 0. The molecule has 1 aromatic carbocycles. The largest absolute Gasteiger partial charge is 0.364 e. The van der Waals surface area contributed by atoms with Crippen LogP contribution in [0.15, 0.2) is 29.2 Å². The van der Waals surface area contributed by atoms with Crippen molar-refractivity contribution >= 4 is 10.1 Å². The molecule has 108 valence electrons. The monoisotopic (exact) mass is 298 g/mol. The van der Waals surface area contributed by atoms with Gasteiger partial charge in [-0.3, -0.25) is 4.18 Å². The van der Waals surface area contributed by atoms with Crippen LogP contribution in [-0.2, 0) is 28.5 Å². The lowest BCUT2D eigenvalue weighted by molar-refractivity contribution is -0.133. The van der Waals surface area contributed by atoms with Gasteiger partial charge >= 0.3 is 0 Å². The van der Waals surface area contributed by atoms with E-state index in [0.717, 1.165) is 5.56 Å². The molecule has 0 amide bonds. The Hall–Kier alpha value is -0.990. The van der Waals surface area contributed by atoms with Crippen molar-refractivity contribution < 1.29 is 26.8 Å². The van der Waals surface area contributed by atoms with Gasteiger partial charge in [-0.2, -0.15) is 8.42 Å². The number of epoxide rings is 1. The molecule has 1 aromatic rings. The van der Waals surface area contributed by atoms with Gasteiger partial charge in [-0.25, -0.2) is 0 Å². The fraction of sp³-hybridized carbons (Fsp3) is 0.538. The number of rotatable bonds is 3.